The van der Waals surface area contributed by atoms with Gasteiger partial charge >= 0.3 is 0 Å². The molecule has 0 saturated carbocycles. The van der Waals surface area contributed by atoms with Crippen LogP contribution in [0.15, 0.2) is 42.5 Å². The lowest BCUT2D eigenvalue weighted by Gasteiger charge is -2.16. The summed E-state index contributed by atoms with van der Waals surface area (Å²) in [7, 11) is 3.18. The summed E-state index contributed by atoms with van der Waals surface area (Å²) in [6.07, 6.45) is 0. The van der Waals surface area contributed by atoms with Crippen LogP contribution in [0.5, 0.6) is 5.75 Å². The molecule has 7 heteroatoms. The SMILES string of the molecule is COc1cccc(NC(=O)CN(C)CC(=O)Nc2ccc(C)cc2F)c1. The molecule has 26 heavy (non-hydrogen) atoms. The van der Waals surface area contributed by atoms with Gasteiger partial charge in [-0.3, -0.25) is 14.5 Å². The molecule has 0 aliphatic carbocycles. The van der Waals surface area contributed by atoms with Crippen LogP contribution in [-0.2, 0) is 9.59 Å². The topological polar surface area (TPSA) is 70.7 Å². The molecule has 6 nitrogen and oxygen atoms in total. The molecular formula is C19H22FN3O3. The van der Waals surface area contributed by atoms with Crippen molar-refractivity contribution in [3.63, 3.8) is 0 Å². The summed E-state index contributed by atoms with van der Waals surface area (Å²) in [5.41, 5.74) is 1.50. The molecule has 138 valence electrons. The van der Waals surface area contributed by atoms with Crippen LogP contribution >= 0.6 is 0 Å². The number of halogens is 1. The summed E-state index contributed by atoms with van der Waals surface area (Å²) in [6, 6.07) is 11.6. The average Bonchev–Trinajstić information content (AvgIpc) is 2.57. The summed E-state index contributed by atoms with van der Waals surface area (Å²) in [6.45, 7) is 1.74. The minimum Gasteiger partial charge on any atom is -0.497 e. The first-order chi connectivity index (χ1) is 12.4. The van der Waals surface area contributed by atoms with Crippen molar-refractivity contribution in [3.05, 3.63) is 53.8 Å². The van der Waals surface area contributed by atoms with Gasteiger partial charge in [0.1, 0.15) is 11.6 Å². The van der Waals surface area contributed by atoms with E-state index in [2.05, 4.69) is 10.6 Å². The number of anilines is 2. The number of nitrogens with zero attached hydrogens (tertiary/aromatic N) is 1. The molecule has 0 radical (unpaired) electrons. The second-order valence-corrected chi connectivity index (χ2v) is 5.98. The third kappa shape index (κ3) is 5.86. The first kappa shape index (κ1) is 19.4. The van der Waals surface area contributed by atoms with Crippen molar-refractivity contribution < 1.29 is 18.7 Å². The fraction of sp³-hybridized carbons (Fsp3) is 0.263. The van der Waals surface area contributed by atoms with Crippen molar-refractivity contribution in [2.75, 3.05) is 37.9 Å². The maximum absolute atomic E-state index is 13.8. The normalized spacial score (nSPS) is 10.5. The Kier molecular flexibility index (Phi) is 6.68. The molecule has 0 aliphatic rings. The van der Waals surface area contributed by atoms with E-state index in [-0.39, 0.29) is 24.7 Å². The van der Waals surface area contributed by atoms with E-state index < -0.39 is 11.7 Å². The molecule has 0 spiro atoms. The second-order valence-electron chi connectivity index (χ2n) is 5.98. The fourth-order valence-electron chi connectivity index (χ4n) is 2.36. The Morgan fingerprint density at radius 1 is 1.08 bits per heavy atom. The molecule has 2 rings (SSSR count). The maximum Gasteiger partial charge on any atom is 0.238 e. The Morgan fingerprint density at radius 2 is 1.77 bits per heavy atom. The summed E-state index contributed by atoms with van der Waals surface area (Å²) >= 11 is 0. The predicted molar refractivity (Wildman–Crippen MR) is 98.9 cm³/mol. The van der Waals surface area contributed by atoms with Gasteiger partial charge in [0.25, 0.3) is 0 Å². The van der Waals surface area contributed by atoms with Gasteiger partial charge in [-0.2, -0.15) is 0 Å². The van der Waals surface area contributed by atoms with E-state index in [0.717, 1.165) is 5.56 Å². The number of benzene rings is 2. The number of ether oxygens (including phenoxy) is 1. The lowest BCUT2D eigenvalue weighted by Crippen LogP contribution is -2.36. The minimum atomic E-state index is -0.489. The van der Waals surface area contributed by atoms with Crippen molar-refractivity contribution in [3.8, 4) is 5.75 Å². The summed E-state index contributed by atoms with van der Waals surface area (Å²) < 4.78 is 18.9. The van der Waals surface area contributed by atoms with Gasteiger partial charge in [0.05, 0.1) is 25.9 Å². The highest BCUT2D eigenvalue weighted by Gasteiger charge is 2.13. The van der Waals surface area contributed by atoms with E-state index in [1.54, 1.807) is 51.4 Å². The first-order valence-corrected chi connectivity index (χ1v) is 8.06. The first-order valence-electron chi connectivity index (χ1n) is 8.06. The molecule has 0 bridgehead atoms. The van der Waals surface area contributed by atoms with Crippen LogP contribution in [0, 0.1) is 12.7 Å². The molecule has 0 saturated heterocycles. The number of carbonyl (C=O) groups is 2. The number of hydrogen-bond donors (Lipinski definition) is 2. The van der Waals surface area contributed by atoms with E-state index in [4.69, 9.17) is 4.74 Å². The van der Waals surface area contributed by atoms with Crippen LogP contribution < -0.4 is 15.4 Å². The van der Waals surface area contributed by atoms with E-state index in [0.29, 0.717) is 11.4 Å². The Hall–Kier alpha value is -2.93. The number of aryl methyl sites for hydroxylation is 1. The Morgan fingerprint density at radius 3 is 2.42 bits per heavy atom. The molecule has 0 heterocycles. The summed E-state index contributed by atoms with van der Waals surface area (Å²) in [5.74, 6) is -0.521. The number of rotatable bonds is 7. The van der Waals surface area contributed by atoms with Crippen molar-refractivity contribution >= 4 is 23.2 Å². The van der Waals surface area contributed by atoms with Gasteiger partial charge in [-0.15, -0.1) is 0 Å². The highest BCUT2D eigenvalue weighted by Crippen LogP contribution is 2.17. The van der Waals surface area contributed by atoms with Crippen LogP contribution in [0.1, 0.15) is 5.56 Å². The Bertz CT molecular complexity index is 795. The molecule has 0 aromatic heterocycles. The Balaban J connectivity index is 1.84. The zero-order chi connectivity index (χ0) is 19.1. The number of carbonyl (C=O) groups excluding carboxylic acids is 2. The number of likely N-dealkylation sites (N-methyl/N-ethyl adjacent to an activating group) is 1. The molecule has 2 N–H and O–H groups in total. The van der Waals surface area contributed by atoms with Gasteiger partial charge < -0.3 is 15.4 Å². The van der Waals surface area contributed by atoms with Gasteiger partial charge in [-0.05, 0) is 43.8 Å². The molecule has 2 aromatic rings. The van der Waals surface area contributed by atoms with E-state index in [1.165, 1.54) is 17.0 Å². The van der Waals surface area contributed by atoms with Gasteiger partial charge in [0.2, 0.25) is 11.8 Å². The standard InChI is InChI=1S/C19H22FN3O3/c1-13-7-8-17(16(20)9-13)22-19(25)12-23(2)11-18(24)21-14-5-4-6-15(10-14)26-3/h4-10H,11-12H2,1-3H3,(H,21,24)(H,22,25). The number of hydrogen-bond acceptors (Lipinski definition) is 4. The molecule has 0 atom stereocenters. The lowest BCUT2D eigenvalue weighted by molar-refractivity contribution is -0.119. The average molecular weight is 359 g/mol. The molecule has 0 fully saturated rings. The zero-order valence-corrected chi connectivity index (χ0v) is 15.0. The van der Waals surface area contributed by atoms with Crippen LogP contribution in [0.3, 0.4) is 0 Å². The fourth-order valence-corrected chi connectivity index (χ4v) is 2.36. The monoisotopic (exact) mass is 359 g/mol. The van der Waals surface area contributed by atoms with Crippen molar-refractivity contribution in [2.24, 2.45) is 0 Å². The second kappa shape index (κ2) is 8.96. The van der Waals surface area contributed by atoms with E-state index in [1.807, 2.05) is 0 Å². The Labute approximate surface area is 152 Å². The van der Waals surface area contributed by atoms with Gasteiger partial charge in [0, 0.05) is 11.8 Å². The predicted octanol–water partition coefficient (Wildman–Crippen LogP) is 2.65. The molecule has 0 unspecified atom stereocenters. The lowest BCUT2D eigenvalue weighted by atomic mass is 10.2. The van der Waals surface area contributed by atoms with Crippen molar-refractivity contribution in [1.82, 2.24) is 4.90 Å². The van der Waals surface area contributed by atoms with Crippen LogP contribution in [-0.4, -0.2) is 44.0 Å². The smallest absolute Gasteiger partial charge is 0.238 e. The maximum atomic E-state index is 13.8. The largest absolute Gasteiger partial charge is 0.497 e. The highest BCUT2D eigenvalue weighted by molar-refractivity contribution is 5.94. The quantitative estimate of drug-likeness (QED) is 0.797. The molecule has 2 aromatic carbocycles. The van der Waals surface area contributed by atoms with Gasteiger partial charge in [0.15, 0.2) is 0 Å². The van der Waals surface area contributed by atoms with Crippen LogP contribution in [0.2, 0.25) is 0 Å². The van der Waals surface area contributed by atoms with Crippen LogP contribution in [0.4, 0.5) is 15.8 Å². The molecule has 2 amide bonds. The highest BCUT2D eigenvalue weighted by atomic mass is 19.1. The minimum absolute atomic E-state index is 0.0149. The van der Waals surface area contributed by atoms with Gasteiger partial charge in [-0.1, -0.05) is 12.1 Å². The summed E-state index contributed by atoms with van der Waals surface area (Å²) in [5, 5.41) is 5.24. The third-order valence-electron chi connectivity index (χ3n) is 3.58. The van der Waals surface area contributed by atoms with E-state index >= 15 is 0 Å². The summed E-state index contributed by atoms with van der Waals surface area (Å²) in [4.78, 5) is 25.6. The zero-order valence-electron chi connectivity index (χ0n) is 15.0. The van der Waals surface area contributed by atoms with Gasteiger partial charge in [-0.25, -0.2) is 4.39 Å². The number of nitrogens with one attached hydrogen (secondary N) is 2. The number of amides is 2. The van der Waals surface area contributed by atoms with Crippen LogP contribution in [0.25, 0.3) is 0 Å². The van der Waals surface area contributed by atoms with Crippen molar-refractivity contribution in [2.45, 2.75) is 6.92 Å². The van der Waals surface area contributed by atoms with E-state index in [9.17, 15) is 14.0 Å². The van der Waals surface area contributed by atoms with Crippen molar-refractivity contribution in [1.29, 1.82) is 0 Å². The molecular weight excluding hydrogens is 337 g/mol. The molecule has 0 aliphatic heterocycles. The third-order valence-corrected chi connectivity index (χ3v) is 3.58. The number of methoxy groups -OCH3 is 1.